The first-order chi connectivity index (χ1) is 15.6. The van der Waals surface area contributed by atoms with Crippen molar-refractivity contribution in [1.29, 1.82) is 0 Å². The van der Waals surface area contributed by atoms with Gasteiger partial charge in [0.15, 0.2) is 11.5 Å². The highest BCUT2D eigenvalue weighted by Gasteiger charge is 2.10. The van der Waals surface area contributed by atoms with Crippen LogP contribution in [0.25, 0.3) is 0 Å². The van der Waals surface area contributed by atoms with E-state index >= 15 is 0 Å². The number of anilines is 1. The van der Waals surface area contributed by atoms with Crippen molar-refractivity contribution in [3.63, 3.8) is 0 Å². The number of halogens is 1. The molecule has 0 bridgehead atoms. The van der Waals surface area contributed by atoms with Gasteiger partial charge in [-0.25, -0.2) is 4.39 Å². The van der Waals surface area contributed by atoms with Gasteiger partial charge in [-0.1, -0.05) is 36.4 Å². The summed E-state index contributed by atoms with van der Waals surface area (Å²) in [5.74, 6) is 0.736. The number of amides is 1. The number of hydrogen-bond acceptors (Lipinski definition) is 4. The quantitative estimate of drug-likeness (QED) is 0.431. The van der Waals surface area contributed by atoms with Gasteiger partial charge in [0.2, 0.25) is 0 Å². The number of nitrogens with zero attached hydrogens (tertiary/aromatic N) is 2. The van der Waals surface area contributed by atoms with Crippen LogP contribution in [0.1, 0.15) is 21.5 Å². The molecular weight excluding hydrogens is 409 g/mol. The lowest BCUT2D eigenvalue weighted by molar-refractivity contribution is 0.102. The van der Waals surface area contributed by atoms with Crippen molar-refractivity contribution in [2.75, 3.05) is 12.4 Å². The van der Waals surface area contributed by atoms with Gasteiger partial charge in [0.25, 0.3) is 5.91 Å². The summed E-state index contributed by atoms with van der Waals surface area (Å²) in [7, 11) is 1.59. The molecule has 6 nitrogen and oxygen atoms in total. The molecule has 0 unspecified atom stereocenters. The third-order valence-corrected chi connectivity index (χ3v) is 4.78. The zero-order valence-electron chi connectivity index (χ0n) is 17.5. The van der Waals surface area contributed by atoms with E-state index in [2.05, 4.69) is 10.4 Å². The minimum absolute atomic E-state index is 0.255. The number of aromatic nitrogens is 2. The summed E-state index contributed by atoms with van der Waals surface area (Å²) in [4.78, 5) is 12.7. The van der Waals surface area contributed by atoms with Crippen LogP contribution >= 0.6 is 0 Å². The van der Waals surface area contributed by atoms with Crippen LogP contribution in [0.3, 0.4) is 0 Å². The van der Waals surface area contributed by atoms with E-state index in [0.29, 0.717) is 35.9 Å². The molecule has 3 aromatic carbocycles. The minimum atomic E-state index is -0.294. The molecule has 4 aromatic rings. The SMILES string of the molecule is COc1ccccc1OCc1cccc(C(=O)Nc2cnn(Cc3cccc(F)c3)c2)c1. The van der Waals surface area contributed by atoms with Gasteiger partial charge in [0.05, 0.1) is 25.5 Å². The van der Waals surface area contributed by atoms with Crippen LogP contribution < -0.4 is 14.8 Å². The molecule has 4 rings (SSSR count). The van der Waals surface area contributed by atoms with Crippen molar-refractivity contribution in [1.82, 2.24) is 9.78 Å². The molecule has 0 fully saturated rings. The van der Waals surface area contributed by atoms with Crippen LogP contribution in [0.15, 0.2) is 85.2 Å². The lowest BCUT2D eigenvalue weighted by Crippen LogP contribution is -2.12. The fraction of sp³-hybridized carbons (Fsp3) is 0.120. The smallest absolute Gasteiger partial charge is 0.255 e. The van der Waals surface area contributed by atoms with Gasteiger partial charge in [-0.3, -0.25) is 9.48 Å². The topological polar surface area (TPSA) is 65.4 Å². The highest BCUT2D eigenvalue weighted by Crippen LogP contribution is 2.26. The van der Waals surface area contributed by atoms with Gasteiger partial charge < -0.3 is 14.8 Å². The fourth-order valence-corrected chi connectivity index (χ4v) is 3.24. The molecule has 1 aromatic heterocycles. The van der Waals surface area contributed by atoms with E-state index in [1.54, 1.807) is 42.4 Å². The Morgan fingerprint density at radius 2 is 1.78 bits per heavy atom. The number of ether oxygens (including phenoxy) is 2. The molecule has 1 amide bonds. The van der Waals surface area contributed by atoms with Gasteiger partial charge in [-0.2, -0.15) is 5.10 Å². The Hall–Kier alpha value is -4.13. The van der Waals surface area contributed by atoms with Crippen LogP contribution in [-0.4, -0.2) is 22.8 Å². The Morgan fingerprint density at radius 1 is 1.00 bits per heavy atom. The number of hydrogen-bond donors (Lipinski definition) is 1. The van der Waals surface area contributed by atoms with Gasteiger partial charge in [-0.05, 0) is 47.5 Å². The Morgan fingerprint density at radius 3 is 2.59 bits per heavy atom. The van der Waals surface area contributed by atoms with Crippen molar-refractivity contribution in [2.45, 2.75) is 13.2 Å². The third-order valence-electron chi connectivity index (χ3n) is 4.78. The zero-order chi connectivity index (χ0) is 22.3. The standard InChI is InChI=1S/C25H22FN3O3/c1-31-23-10-2-3-11-24(23)32-17-19-7-4-8-20(12-19)25(30)28-22-14-27-29(16-22)15-18-6-5-9-21(26)13-18/h2-14,16H,15,17H2,1H3,(H,28,30). The normalized spacial score (nSPS) is 10.6. The Balaban J connectivity index is 1.38. The first kappa shape index (κ1) is 21.1. The molecular formula is C25H22FN3O3. The largest absolute Gasteiger partial charge is 0.493 e. The van der Waals surface area contributed by atoms with E-state index in [9.17, 15) is 9.18 Å². The molecule has 0 aliphatic carbocycles. The van der Waals surface area contributed by atoms with Crippen molar-refractivity contribution in [3.05, 3.63) is 108 Å². The summed E-state index contributed by atoms with van der Waals surface area (Å²) in [5, 5.41) is 7.07. The molecule has 1 N–H and O–H groups in total. The number of benzene rings is 3. The van der Waals surface area contributed by atoms with Gasteiger partial charge in [-0.15, -0.1) is 0 Å². The Bertz CT molecular complexity index is 1220. The molecule has 0 spiro atoms. The van der Waals surface area contributed by atoms with E-state index in [0.717, 1.165) is 11.1 Å². The number of methoxy groups -OCH3 is 1. The highest BCUT2D eigenvalue weighted by atomic mass is 19.1. The van der Waals surface area contributed by atoms with Crippen molar-refractivity contribution < 1.29 is 18.7 Å². The number of carbonyl (C=O) groups is 1. The van der Waals surface area contributed by atoms with Crippen LogP contribution in [0, 0.1) is 5.82 Å². The first-order valence-electron chi connectivity index (χ1n) is 10.0. The molecule has 32 heavy (non-hydrogen) atoms. The maximum Gasteiger partial charge on any atom is 0.255 e. The van der Waals surface area contributed by atoms with E-state index in [-0.39, 0.29) is 11.7 Å². The van der Waals surface area contributed by atoms with E-state index < -0.39 is 0 Å². The summed E-state index contributed by atoms with van der Waals surface area (Å²) in [6, 6.07) is 20.9. The Kier molecular flexibility index (Phi) is 6.46. The number of nitrogens with one attached hydrogen (secondary N) is 1. The summed E-state index contributed by atoms with van der Waals surface area (Å²) in [6.07, 6.45) is 3.27. The predicted molar refractivity (Wildman–Crippen MR) is 119 cm³/mol. The number of para-hydroxylation sites is 2. The molecule has 0 saturated carbocycles. The number of carbonyl (C=O) groups excluding carboxylic acids is 1. The first-order valence-corrected chi connectivity index (χ1v) is 10.0. The maximum atomic E-state index is 13.4. The second kappa shape index (κ2) is 9.78. The second-order valence-corrected chi connectivity index (χ2v) is 7.15. The Labute approximate surface area is 185 Å². The average molecular weight is 431 g/mol. The molecule has 0 saturated heterocycles. The molecule has 0 radical (unpaired) electrons. The molecule has 0 aliphatic heterocycles. The fourth-order valence-electron chi connectivity index (χ4n) is 3.24. The lowest BCUT2D eigenvalue weighted by Gasteiger charge is -2.11. The summed E-state index contributed by atoms with van der Waals surface area (Å²) >= 11 is 0. The summed E-state index contributed by atoms with van der Waals surface area (Å²) < 4.78 is 26.1. The van der Waals surface area contributed by atoms with Crippen molar-refractivity contribution >= 4 is 11.6 Å². The van der Waals surface area contributed by atoms with Crippen LogP contribution in [0.4, 0.5) is 10.1 Å². The van der Waals surface area contributed by atoms with E-state index in [4.69, 9.17) is 9.47 Å². The second-order valence-electron chi connectivity index (χ2n) is 7.15. The van der Waals surface area contributed by atoms with Crippen molar-refractivity contribution in [2.24, 2.45) is 0 Å². The maximum absolute atomic E-state index is 13.4. The van der Waals surface area contributed by atoms with E-state index in [1.165, 1.54) is 12.1 Å². The summed E-state index contributed by atoms with van der Waals surface area (Å²) in [6.45, 7) is 0.705. The predicted octanol–water partition coefficient (Wildman–Crippen LogP) is 4.91. The molecule has 1 heterocycles. The summed E-state index contributed by atoms with van der Waals surface area (Å²) in [5.41, 5.74) is 2.70. The van der Waals surface area contributed by atoms with Gasteiger partial charge >= 0.3 is 0 Å². The van der Waals surface area contributed by atoms with Crippen molar-refractivity contribution in [3.8, 4) is 11.5 Å². The van der Waals surface area contributed by atoms with Crippen LogP contribution in [0.2, 0.25) is 0 Å². The monoisotopic (exact) mass is 431 g/mol. The molecule has 7 heteroatoms. The third kappa shape index (κ3) is 5.31. The number of rotatable bonds is 8. The lowest BCUT2D eigenvalue weighted by atomic mass is 10.1. The average Bonchev–Trinajstić information content (AvgIpc) is 3.24. The van der Waals surface area contributed by atoms with E-state index in [1.807, 2.05) is 42.5 Å². The molecule has 0 aliphatic rings. The minimum Gasteiger partial charge on any atom is -0.493 e. The molecule has 0 atom stereocenters. The highest BCUT2D eigenvalue weighted by molar-refractivity contribution is 6.04. The van der Waals surface area contributed by atoms with Crippen LogP contribution in [-0.2, 0) is 13.2 Å². The van der Waals surface area contributed by atoms with Gasteiger partial charge in [0.1, 0.15) is 12.4 Å². The van der Waals surface area contributed by atoms with Crippen LogP contribution in [0.5, 0.6) is 11.5 Å². The molecule has 162 valence electrons. The van der Waals surface area contributed by atoms with Gasteiger partial charge in [0, 0.05) is 11.8 Å². The zero-order valence-corrected chi connectivity index (χ0v) is 17.5.